The van der Waals surface area contributed by atoms with Gasteiger partial charge in [-0.2, -0.15) is 11.3 Å². The molecule has 0 atom stereocenters. The summed E-state index contributed by atoms with van der Waals surface area (Å²) in [5.74, 6) is -1.32. The normalized spacial score (nSPS) is 10.9. The van der Waals surface area contributed by atoms with Crippen molar-refractivity contribution in [3.8, 4) is 16.9 Å². The van der Waals surface area contributed by atoms with Crippen molar-refractivity contribution in [3.63, 3.8) is 0 Å². The van der Waals surface area contributed by atoms with Crippen LogP contribution in [-0.4, -0.2) is 4.57 Å². The first-order valence-corrected chi connectivity index (χ1v) is 7.78. The predicted octanol–water partition coefficient (Wildman–Crippen LogP) is 4.41. The van der Waals surface area contributed by atoms with Gasteiger partial charge in [-0.05, 0) is 30.0 Å². The number of benzene rings is 1. The van der Waals surface area contributed by atoms with Crippen LogP contribution < -0.4 is 5.43 Å². The molecule has 2 heterocycles. The zero-order chi connectivity index (χ0) is 15.7. The zero-order valence-electron chi connectivity index (χ0n) is 11.8. The van der Waals surface area contributed by atoms with E-state index in [9.17, 15) is 13.6 Å². The van der Waals surface area contributed by atoms with Crippen LogP contribution in [0.2, 0.25) is 0 Å². The van der Waals surface area contributed by atoms with Gasteiger partial charge >= 0.3 is 0 Å². The maximum absolute atomic E-state index is 14.3. The molecule has 0 unspecified atom stereocenters. The molecule has 3 aromatic rings. The van der Waals surface area contributed by atoms with Crippen LogP contribution in [0.5, 0.6) is 0 Å². The Balaban J connectivity index is 2.37. The fourth-order valence-corrected chi connectivity index (χ4v) is 3.13. The summed E-state index contributed by atoms with van der Waals surface area (Å²) in [6.07, 6.45) is 2.09. The molecule has 0 bridgehead atoms. The molecule has 112 valence electrons. The molecule has 0 N–H and O–H groups in total. The van der Waals surface area contributed by atoms with E-state index in [1.54, 1.807) is 10.8 Å². The summed E-state index contributed by atoms with van der Waals surface area (Å²) in [6, 6.07) is 6.78. The third kappa shape index (κ3) is 2.48. The highest BCUT2D eigenvalue weighted by molar-refractivity contribution is 7.08. The van der Waals surface area contributed by atoms with E-state index in [1.165, 1.54) is 29.5 Å². The van der Waals surface area contributed by atoms with Gasteiger partial charge in [0.25, 0.3) is 0 Å². The Kier molecular flexibility index (Phi) is 3.90. The molecule has 2 nitrogen and oxygen atoms in total. The first-order valence-electron chi connectivity index (χ1n) is 6.84. The maximum Gasteiger partial charge on any atom is 0.185 e. The van der Waals surface area contributed by atoms with Gasteiger partial charge in [-0.3, -0.25) is 4.79 Å². The summed E-state index contributed by atoms with van der Waals surface area (Å²) in [4.78, 5) is 12.1. The molecule has 3 rings (SSSR count). The van der Waals surface area contributed by atoms with Crippen molar-refractivity contribution >= 4 is 11.3 Å². The van der Waals surface area contributed by atoms with Crippen molar-refractivity contribution in [1.29, 1.82) is 0 Å². The molecule has 1 aromatic carbocycles. The molecule has 0 saturated heterocycles. The van der Waals surface area contributed by atoms with Gasteiger partial charge < -0.3 is 4.57 Å². The van der Waals surface area contributed by atoms with Crippen LogP contribution in [0.4, 0.5) is 8.78 Å². The molecule has 5 heteroatoms. The van der Waals surface area contributed by atoms with Crippen molar-refractivity contribution in [2.45, 2.75) is 13.3 Å². The highest BCUT2D eigenvalue weighted by Crippen LogP contribution is 2.29. The standard InChI is InChI=1S/C17H13F2NOS/c1-2-13-16(21)5-7-20(12-6-8-22-10-12)17(13)14-4-3-11(18)9-15(14)19/h3-10H,2H2,1H3. The SMILES string of the molecule is CCc1c(-c2ccc(F)cc2F)n(-c2ccsc2)ccc1=O. The molecule has 0 saturated carbocycles. The zero-order valence-corrected chi connectivity index (χ0v) is 12.7. The van der Waals surface area contributed by atoms with E-state index in [4.69, 9.17) is 0 Å². The van der Waals surface area contributed by atoms with Gasteiger partial charge in [-0.25, -0.2) is 8.78 Å². The molecular weight excluding hydrogens is 304 g/mol. The van der Waals surface area contributed by atoms with E-state index >= 15 is 0 Å². The molecule has 0 amide bonds. The van der Waals surface area contributed by atoms with Gasteiger partial charge in [0.2, 0.25) is 0 Å². The van der Waals surface area contributed by atoms with Crippen molar-refractivity contribution in [3.05, 3.63) is 74.7 Å². The van der Waals surface area contributed by atoms with E-state index in [1.807, 2.05) is 23.8 Å². The minimum Gasteiger partial charge on any atom is -0.315 e. The number of thiophene rings is 1. The number of halogens is 2. The van der Waals surface area contributed by atoms with Gasteiger partial charge in [-0.1, -0.05) is 6.92 Å². The van der Waals surface area contributed by atoms with Crippen LogP contribution in [0.25, 0.3) is 16.9 Å². The predicted molar refractivity (Wildman–Crippen MR) is 84.6 cm³/mol. The topological polar surface area (TPSA) is 22.0 Å². The van der Waals surface area contributed by atoms with E-state index in [-0.39, 0.29) is 11.0 Å². The Morgan fingerprint density at radius 3 is 2.64 bits per heavy atom. The number of hydrogen-bond donors (Lipinski definition) is 0. The Labute approximate surface area is 130 Å². The molecule has 0 aliphatic heterocycles. The molecule has 0 fully saturated rings. The second-order valence-corrected chi connectivity index (χ2v) is 5.62. The van der Waals surface area contributed by atoms with Crippen LogP contribution in [0, 0.1) is 11.6 Å². The second kappa shape index (κ2) is 5.85. The third-order valence-electron chi connectivity index (χ3n) is 3.52. The maximum atomic E-state index is 14.3. The van der Waals surface area contributed by atoms with Crippen LogP contribution in [0.15, 0.2) is 52.1 Å². The number of pyridine rings is 1. The van der Waals surface area contributed by atoms with Gasteiger partial charge in [0.15, 0.2) is 5.43 Å². The summed E-state index contributed by atoms with van der Waals surface area (Å²) in [5, 5.41) is 3.82. The molecular formula is C17H13F2NOS. The van der Waals surface area contributed by atoms with Crippen LogP contribution in [0.1, 0.15) is 12.5 Å². The average Bonchev–Trinajstić information content (AvgIpc) is 3.01. The lowest BCUT2D eigenvalue weighted by Gasteiger charge is -2.16. The van der Waals surface area contributed by atoms with Gasteiger partial charge in [0.1, 0.15) is 11.6 Å². The number of hydrogen-bond acceptors (Lipinski definition) is 2. The first-order chi connectivity index (χ1) is 10.6. The lowest BCUT2D eigenvalue weighted by atomic mass is 10.0. The van der Waals surface area contributed by atoms with E-state index in [2.05, 4.69) is 0 Å². The minimum atomic E-state index is -0.677. The molecule has 0 spiro atoms. The quantitative estimate of drug-likeness (QED) is 0.701. The Morgan fingerprint density at radius 1 is 1.18 bits per heavy atom. The molecule has 0 aliphatic rings. The number of nitrogens with zero attached hydrogens (tertiary/aromatic N) is 1. The summed E-state index contributed by atoms with van der Waals surface area (Å²) in [6.45, 7) is 1.85. The molecule has 0 radical (unpaired) electrons. The van der Waals surface area contributed by atoms with Crippen LogP contribution in [0.3, 0.4) is 0 Å². The Morgan fingerprint density at radius 2 is 2.00 bits per heavy atom. The van der Waals surface area contributed by atoms with E-state index in [0.717, 1.165) is 11.8 Å². The fraction of sp³-hybridized carbons (Fsp3) is 0.118. The minimum absolute atomic E-state index is 0.146. The summed E-state index contributed by atoms with van der Waals surface area (Å²) < 4.78 is 29.2. The fourth-order valence-electron chi connectivity index (χ4n) is 2.50. The van der Waals surface area contributed by atoms with Crippen molar-refractivity contribution in [1.82, 2.24) is 4.57 Å². The third-order valence-corrected chi connectivity index (χ3v) is 4.19. The molecule has 22 heavy (non-hydrogen) atoms. The van der Waals surface area contributed by atoms with Crippen molar-refractivity contribution in [2.24, 2.45) is 0 Å². The van der Waals surface area contributed by atoms with Crippen LogP contribution >= 0.6 is 11.3 Å². The largest absolute Gasteiger partial charge is 0.315 e. The molecule has 2 aromatic heterocycles. The Hall–Kier alpha value is -2.27. The van der Waals surface area contributed by atoms with Crippen molar-refractivity contribution < 1.29 is 8.78 Å². The smallest absolute Gasteiger partial charge is 0.185 e. The summed E-state index contributed by atoms with van der Waals surface area (Å²) >= 11 is 1.51. The lowest BCUT2D eigenvalue weighted by molar-refractivity contribution is 0.585. The number of rotatable bonds is 3. The summed E-state index contributed by atoms with van der Waals surface area (Å²) in [7, 11) is 0. The van der Waals surface area contributed by atoms with Crippen LogP contribution in [-0.2, 0) is 6.42 Å². The van der Waals surface area contributed by atoms with Gasteiger partial charge in [-0.15, -0.1) is 0 Å². The van der Waals surface area contributed by atoms with E-state index in [0.29, 0.717) is 17.7 Å². The lowest BCUT2D eigenvalue weighted by Crippen LogP contribution is -2.15. The van der Waals surface area contributed by atoms with Crippen molar-refractivity contribution in [2.75, 3.05) is 0 Å². The molecule has 0 aliphatic carbocycles. The summed E-state index contributed by atoms with van der Waals surface area (Å²) in [5.41, 5.74) is 1.92. The number of aromatic nitrogens is 1. The second-order valence-electron chi connectivity index (χ2n) is 4.84. The highest BCUT2D eigenvalue weighted by Gasteiger charge is 2.17. The Bertz CT molecular complexity index is 869. The first kappa shape index (κ1) is 14.7. The average molecular weight is 317 g/mol. The van der Waals surface area contributed by atoms with E-state index < -0.39 is 11.6 Å². The monoisotopic (exact) mass is 317 g/mol. The highest BCUT2D eigenvalue weighted by atomic mass is 32.1. The van der Waals surface area contributed by atoms with Gasteiger partial charge in [0, 0.05) is 34.8 Å². The van der Waals surface area contributed by atoms with Gasteiger partial charge in [0.05, 0.1) is 11.4 Å².